The molecule has 0 aromatic heterocycles. The summed E-state index contributed by atoms with van der Waals surface area (Å²) in [6.45, 7) is 0. The summed E-state index contributed by atoms with van der Waals surface area (Å²) in [5.74, 6) is -0.446. The maximum absolute atomic E-state index is 13.1. The summed E-state index contributed by atoms with van der Waals surface area (Å²) in [6, 6.07) is 7.14. The van der Waals surface area contributed by atoms with Gasteiger partial charge in [0.2, 0.25) is 0 Å². The molecule has 0 unspecified atom stereocenters. The highest BCUT2D eigenvalue weighted by molar-refractivity contribution is 6.52. The molecule has 0 spiro atoms. The van der Waals surface area contributed by atoms with E-state index in [-0.39, 0.29) is 16.8 Å². The zero-order valence-corrected chi connectivity index (χ0v) is 18.0. The Bertz CT molecular complexity index is 750. The number of carbonyl (C=O) groups is 2. The molecule has 1 heterocycles. The molecule has 1 fully saturated rings. The van der Waals surface area contributed by atoms with Gasteiger partial charge in [-0.3, -0.25) is 9.59 Å². The first-order valence-electron chi connectivity index (χ1n) is 10.8. The number of imide groups is 1. The summed E-state index contributed by atoms with van der Waals surface area (Å²) in [4.78, 5) is 27.0. The highest BCUT2D eigenvalue weighted by atomic mass is 35.5. The van der Waals surface area contributed by atoms with E-state index in [2.05, 4.69) is 5.32 Å². The zero-order chi connectivity index (χ0) is 20.6. The smallest absolute Gasteiger partial charge is 0.283 e. The minimum Gasteiger partial charge on any atom is -0.495 e. The molecule has 5 nitrogen and oxygen atoms in total. The monoisotopic (exact) mass is 418 g/mol. The van der Waals surface area contributed by atoms with Crippen molar-refractivity contribution in [3.8, 4) is 5.75 Å². The molecule has 1 saturated carbocycles. The molecule has 1 N–H and O–H groups in total. The second-order valence-corrected chi connectivity index (χ2v) is 8.29. The van der Waals surface area contributed by atoms with Crippen LogP contribution in [-0.4, -0.2) is 25.0 Å². The van der Waals surface area contributed by atoms with Crippen molar-refractivity contribution in [3.05, 3.63) is 35.0 Å². The lowest BCUT2D eigenvalue weighted by Crippen LogP contribution is -2.37. The van der Waals surface area contributed by atoms with Gasteiger partial charge in [0.25, 0.3) is 11.8 Å². The van der Waals surface area contributed by atoms with Gasteiger partial charge in [-0.2, -0.15) is 0 Å². The zero-order valence-electron chi connectivity index (χ0n) is 17.2. The van der Waals surface area contributed by atoms with E-state index < -0.39 is 11.8 Å². The molecule has 3 rings (SSSR count). The van der Waals surface area contributed by atoms with Crippen molar-refractivity contribution in [2.75, 3.05) is 12.0 Å². The fourth-order valence-corrected chi connectivity index (χ4v) is 4.39. The lowest BCUT2D eigenvalue weighted by atomic mass is 9.98. The van der Waals surface area contributed by atoms with Crippen LogP contribution >= 0.6 is 11.6 Å². The van der Waals surface area contributed by atoms with Crippen molar-refractivity contribution in [3.63, 3.8) is 0 Å². The second kappa shape index (κ2) is 10.7. The Kier molecular flexibility index (Phi) is 7.99. The quantitative estimate of drug-likeness (QED) is 0.675. The van der Waals surface area contributed by atoms with Crippen LogP contribution in [0.2, 0.25) is 0 Å². The molecule has 0 atom stereocenters. The van der Waals surface area contributed by atoms with Crippen LogP contribution < -0.4 is 15.0 Å². The van der Waals surface area contributed by atoms with Crippen molar-refractivity contribution in [1.82, 2.24) is 5.32 Å². The molecule has 0 radical (unpaired) electrons. The summed E-state index contributed by atoms with van der Waals surface area (Å²) in [7, 11) is 1.52. The normalized spacial score (nSPS) is 20.4. The third kappa shape index (κ3) is 5.33. The summed E-state index contributed by atoms with van der Waals surface area (Å²) in [5.41, 5.74) is 0.637. The van der Waals surface area contributed by atoms with Gasteiger partial charge in [-0.05, 0) is 25.0 Å². The molecular formula is C23H31ClN2O3. The molecular weight excluding hydrogens is 388 g/mol. The van der Waals surface area contributed by atoms with E-state index in [0.717, 1.165) is 30.6 Å². The van der Waals surface area contributed by atoms with Gasteiger partial charge in [-0.1, -0.05) is 81.5 Å². The molecule has 0 bridgehead atoms. The van der Waals surface area contributed by atoms with Crippen LogP contribution in [0, 0.1) is 0 Å². The highest BCUT2D eigenvalue weighted by Gasteiger charge is 2.40. The van der Waals surface area contributed by atoms with Crippen molar-refractivity contribution < 1.29 is 14.3 Å². The lowest BCUT2D eigenvalue weighted by molar-refractivity contribution is -0.120. The molecule has 6 heteroatoms. The SMILES string of the molecule is COc1ccccc1N1C(=O)C(Cl)=C(NC2CCCCCCCCCCC2)C1=O. The number of amides is 2. The number of anilines is 1. The number of methoxy groups -OCH3 is 1. The Morgan fingerprint density at radius 1 is 0.897 bits per heavy atom. The van der Waals surface area contributed by atoms with Gasteiger partial charge in [0.15, 0.2) is 0 Å². The van der Waals surface area contributed by atoms with Gasteiger partial charge < -0.3 is 10.1 Å². The van der Waals surface area contributed by atoms with E-state index in [9.17, 15) is 9.59 Å². The molecule has 1 aliphatic heterocycles. The molecule has 1 aromatic rings. The Hall–Kier alpha value is -2.01. The van der Waals surface area contributed by atoms with Gasteiger partial charge in [0.05, 0.1) is 12.8 Å². The first-order valence-corrected chi connectivity index (χ1v) is 11.2. The highest BCUT2D eigenvalue weighted by Crippen LogP contribution is 2.34. The van der Waals surface area contributed by atoms with E-state index in [1.54, 1.807) is 24.3 Å². The number of ether oxygens (including phenoxy) is 1. The van der Waals surface area contributed by atoms with Crippen molar-refractivity contribution in [2.24, 2.45) is 0 Å². The predicted octanol–water partition coefficient (Wildman–Crippen LogP) is 5.28. The summed E-state index contributed by atoms with van der Waals surface area (Å²) in [5, 5.41) is 3.30. The van der Waals surface area contributed by atoms with Crippen molar-refractivity contribution in [2.45, 2.75) is 76.7 Å². The molecule has 0 saturated heterocycles. The van der Waals surface area contributed by atoms with Gasteiger partial charge in [0, 0.05) is 6.04 Å². The average Bonchev–Trinajstić information content (AvgIpc) is 2.93. The largest absolute Gasteiger partial charge is 0.495 e. The first-order chi connectivity index (χ1) is 14.1. The van der Waals surface area contributed by atoms with E-state index in [4.69, 9.17) is 16.3 Å². The molecule has 158 valence electrons. The van der Waals surface area contributed by atoms with Gasteiger partial charge in [0.1, 0.15) is 16.5 Å². The second-order valence-electron chi connectivity index (χ2n) is 7.91. The van der Waals surface area contributed by atoms with Gasteiger partial charge in [-0.25, -0.2) is 4.90 Å². The number of para-hydroxylation sites is 2. The van der Waals surface area contributed by atoms with Crippen LogP contribution in [0.1, 0.15) is 70.6 Å². The fraction of sp³-hybridized carbons (Fsp3) is 0.565. The maximum Gasteiger partial charge on any atom is 0.283 e. The Balaban J connectivity index is 1.73. The third-order valence-corrected chi connectivity index (χ3v) is 6.16. The Morgan fingerprint density at radius 2 is 1.45 bits per heavy atom. The molecule has 1 aliphatic carbocycles. The van der Waals surface area contributed by atoms with E-state index in [1.807, 2.05) is 0 Å². The van der Waals surface area contributed by atoms with Gasteiger partial charge in [-0.15, -0.1) is 0 Å². The predicted molar refractivity (Wildman–Crippen MR) is 116 cm³/mol. The van der Waals surface area contributed by atoms with Gasteiger partial charge >= 0.3 is 0 Å². The average molecular weight is 419 g/mol. The van der Waals surface area contributed by atoms with Crippen molar-refractivity contribution >= 4 is 29.1 Å². The standard InChI is InChI=1S/C23H31ClN2O3/c1-29-19-16-12-11-15-18(19)26-22(27)20(24)21(23(26)28)25-17-13-9-7-5-3-2-4-6-8-10-14-17/h11-12,15-17,25H,2-10,13-14H2,1H3. The van der Waals surface area contributed by atoms with E-state index in [0.29, 0.717) is 11.4 Å². The van der Waals surface area contributed by atoms with Crippen LogP contribution in [0.5, 0.6) is 5.75 Å². The van der Waals surface area contributed by atoms with E-state index in [1.165, 1.54) is 52.1 Å². The Labute approximate surface area is 178 Å². The lowest BCUT2D eigenvalue weighted by Gasteiger charge is -2.22. The van der Waals surface area contributed by atoms with Crippen LogP contribution in [0.25, 0.3) is 0 Å². The summed E-state index contributed by atoms with van der Waals surface area (Å²) < 4.78 is 5.32. The minimum atomic E-state index is -0.503. The van der Waals surface area contributed by atoms with Crippen LogP contribution in [0.4, 0.5) is 5.69 Å². The number of carbonyl (C=O) groups excluding carboxylic acids is 2. The number of hydrogen-bond acceptors (Lipinski definition) is 4. The Morgan fingerprint density at radius 3 is 2.03 bits per heavy atom. The van der Waals surface area contributed by atoms with Crippen LogP contribution in [0.3, 0.4) is 0 Å². The number of benzene rings is 1. The minimum absolute atomic E-state index is 0.0352. The number of halogens is 1. The van der Waals surface area contributed by atoms with Crippen molar-refractivity contribution in [1.29, 1.82) is 0 Å². The number of hydrogen-bond donors (Lipinski definition) is 1. The summed E-state index contributed by atoms with van der Waals surface area (Å²) in [6.07, 6.45) is 13.2. The fourth-order valence-electron chi connectivity index (χ4n) is 4.17. The molecule has 29 heavy (non-hydrogen) atoms. The van der Waals surface area contributed by atoms with E-state index >= 15 is 0 Å². The number of nitrogens with one attached hydrogen (secondary N) is 1. The maximum atomic E-state index is 13.1. The van der Waals surface area contributed by atoms with Crippen LogP contribution in [0.15, 0.2) is 35.0 Å². The topological polar surface area (TPSA) is 58.6 Å². The van der Waals surface area contributed by atoms with Crippen LogP contribution in [-0.2, 0) is 9.59 Å². The first kappa shape index (κ1) is 21.7. The number of nitrogens with zero attached hydrogens (tertiary/aromatic N) is 1. The molecule has 2 aliphatic rings. The molecule has 1 aromatic carbocycles. The summed E-state index contributed by atoms with van der Waals surface area (Å²) >= 11 is 6.33. The molecule has 2 amide bonds. The number of rotatable bonds is 4. The third-order valence-electron chi connectivity index (χ3n) is 5.81.